The third-order valence-corrected chi connectivity index (χ3v) is 9.36. The first-order valence-corrected chi connectivity index (χ1v) is 14.0. The molecule has 0 unspecified atom stereocenters. The van der Waals surface area contributed by atoms with Crippen molar-refractivity contribution in [3.05, 3.63) is 35.5 Å². The van der Waals surface area contributed by atoms with E-state index in [1.807, 2.05) is 4.52 Å². The van der Waals surface area contributed by atoms with Crippen LogP contribution in [0.5, 0.6) is 0 Å². The van der Waals surface area contributed by atoms with E-state index in [4.69, 9.17) is 14.8 Å². The molecule has 0 atom stereocenters. The van der Waals surface area contributed by atoms with Crippen molar-refractivity contribution in [1.82, 2.24) is 14.6 Å². The summed E-state index contributed by atoms with van der Waals surface area (Å²) in [6.45, 7) is 3.44. The number of aromatic nitrogens is 3. The van der Waals surface area contributed by atoms with Gasteiger partial charge in [0.15, 0.2) is 0 Å². The van der Waals surface area contributed by atoms with Crippen LogP contribution in [0.4, 0.5) is 5.69 Å². The fourth-order valence-electron chi connectivity index (χ4n) is 5.67. The first-order chi connectivity index (χ1) is 16.7. The Hall–Kier alpha value is -1.96. The number of ether oxygens (including phenoxy) is 1. The molecule has 1 N–H and O–H groups in total. The Morgan fingerprint density at radius 3 is 2.35 bits per heavy atom. The number of anilines is 1. The number of fused-ring (bicyclic) bond motifs is 1. The van der Waals surface area contributed by atoms with Crippen LogP contribution in [-0.2, 0) is 4.74 Å². The highest BCUT2D eigenvalue weighted by Crippen LogP contribution is 2.38. The van der Waals surface area contributed by atoms with Gasteiger partial charge in [0.1, 0.15) is 5.01 Å². The van der Waals surface area contributed by atoms with Crippen LogP contribution in [0.25, 0.3) is 16.2 Å². The Bertz CT molecular complexity index is 1040. The molecule has 3 aromatic rings. The lowest BCUT2D eigenvalue weighted by atomic mass is 9.83. The minimum absolute atomic E-state index is 0.323. The maximum absolute atomic E-state index is 9.38. The van der Waals surface area contributed by atoms with Crippen molar-refractivity contribution in [2.75, 3.05) is 31.2 Å². The monoisotopic (exact) mass is 480 g/mol. The van der Waals surface area contributed by atoms with Crippen molar-refractivity contribution in [3.63, 3.8) is 0 Å². The molecule has 1 aliphatic heterocycles. The highest BCUT2D eigenvalue weighted by molar-refractivity contribution is 7.16. The molecule has 3 heterocycles. The van der Waals surface area contributed by atoms with E-state index in [-0.39, 0.29) is 0 Å². The molecule has 3 fully saturated rings. The van der Waals surface area contributed by atoms with Gasteiger partial charge in [-0.25, -0.2) is 9.50 Å². The number of piperidine rings is 1. The summed E-state index contributed by atoms with van der Waals surface area (Å²) in [5.41, 5.74) is 3.43. The number of imidazole rings is 1. The van der Waals surface area contributed by atoms with Crippen LogP contribution in [0.1, 0.15) is 68.7 Å². The van der Waals surface area contributed by atoms with E-state index < -0.39 is 0 Å². The Morgan fingerprint density at radius 2 is 1.71 bits per heavy atom. The standard InChI is InChI=1S/C27H36N4O2S/c32-17-19-4-6-22(7-5-19)26-29-31-16-25(28-27(31)34-26)21-8-10-23(11-9-21)30-14-12-24(13-15-30)33-18-20-2-1-3-20/h8-11,16,19-20,22,24,32H,1-7,12-15,17-18H2. The van der Waals surface area contributed by atoms with Gasteiger partial charge < -0.3 is 14.7 Å². The van der Waals surface area contributed by atoms with Gasteiger partial charge in [-0.15, -0.1) is 0 Å². The van der Waals surface area contributed by atoms with Crippen molar-refractivity contribution >= 4 is 22.0 Å². The second-order valence-electron chi connectivity index (χ2n) is 10.6. The first-order valence-electron chi connectivity index (χ1n) is 13.2. The molecule has 0 spiro atoms. The Balaban J connectivity index is 1.05. The molecule has 6 rings (SSSR count). The van der Waals surface area contributed by atoms with Gasteiger partial charge in [0, 0.05) is 43.5 Å². The largest absolute Gasteiger partial charge is 0.396 e. The van der Waals surface area contributed by atoms with Crippen LogP contribution < -0.4 is 4.90 Å². The van der Waals surface area contributed by atoms with Gasteiger partial charge in [0.2, 0.25) is 4.96 Å². The van der Waals surface area contributed by atoms with E-state index in [1.54, 1.807) is 11.3 Å². The highest BCUT2D eigenvalue weighted by Gasteiger charge is 2.26. The number of aliphatic hydroxyl groups is 1. The van der Waals surface area contributed by atoms with E-state index in [0.29, 0.717) is 24.5 Å². The summed E-state index contributed by atoms with van der Waals surface area (Å²) in [4.78, 5) is 8.34. The Kier molecular flexibility index (Phi) is 6.59. The van der Waals surface area contributed by atoms with Crippen molar-refractivity contribution < 1.29 is 9.84 Å². The fourth-order valence-corrected chi connectivity index (χ4v) is 6.72. The third kappa shape index (κ3) is 4.75. The molecule has 2 saturated carbocycles. The zero-order chi connectivity index (χ0) is 22.9. The summed E-state index contributed by atoms with van der Waals surface area (Å²) in [7, 11) is 0. The topological polar surface area (TPSA) is 62.9 Å². The van der Waals surface area contributed by atoms with E-state index >= 15 is 0 Å². The van der Waals surface area contributed by atoms with Crippen LogP contribution in [0, 0.1) is 11.8 Å². The maximum Gasteiger partial charge on any atom is 0.212 e. The molecule has 0 radical (unpaired) electrons. The molecule has 7 heteroatoms. The average molecular weight is 481 g/mol. The van der Waals surface area contributed by atoms with E-state index in [2.05, 4.69) is 35.4 Å². The fraction of sp³-hybridized carbons (Fsp3) is 0.630. The Labute approximate surface area is 206 Å². The van der Waals surface area contributed by atoms with Crippen LogP contribution in [0.15, 0.2) is 30.5 Å². The number of aliphatic hydroxyl groups excluding tert-OH is 1. The minimum Gasteiger partial charge on any atom is -0.396 e. The molecule has 3 aliphatic rings. The van der Waals surface area contributed by atoms with Crippen molar-refractivity contribution in [1.29, 1.82) is 0 Å². The third-order valence-electron chi connectivity index (χ3n) is 8.28. The molecule has 1 saturated heterocycles. The predicted molar refractivity (Wildman–Crippen MR) is 137 cm³/mol. The summed E-state index contributed by atoms with van der Waals surface area (Å²) in [5.74, 6) is 1.83. The molecular formula is C27H36N4O2S. The van der Waals surface area contributed by atoms with Gasteiger partial charge in [-0.2, -0.15) is 5.10 Å². The van der Waals surface area contributed by atoms with Gasteiger partial charge in [-0.05, 0) is 75.3 Å². The molecule has 1 aromatic carbocycles. The summed E-state index contributed by atoms with van der Waals surface area (Å²) in [6.07, 6.45) is 13.3. The number of hydrogen-bond acceptors (Lipinski definition) is 6. The van der Waals surface area contributed by atoms with E-state index in [1.165, 1.54) is 30.0 Å². The normalized spacial score (nSPS) is 24.6. The van der Waals surface area contributed by atoms with Crippen molar-refractivity contribution in [2.45, 2.75) is 69.8 Å². The predicted octanol–water partition coefficient (Wildman–Crippen LogP) is 5.51. The minimum atomic E-state index is 0.323. The quantitative estimate of drug-likeness (QED) is 0.483. The van der Waals surface area contributed by atoms with Gasteiger partial charge in [0.25, 0.3) is 0 Å². The molecular weight excluding hydrogens is 444 g/mol. The van der Waals surface area contributed by atoms with Crippen LogP contribution in [-0.4, -0.2) is 52.1 Å². The molecule has 34 heavy (non-hydrogen) atoms. The molecule has 0 bridgehead atoms. The van der Waals surface area contributed by atoms with Crippen molar-refractivity contribution in [3.8, 4) is 11.3 Å². The summed E-state index contributed by atoms with van der Waals surface area (Å²) >= 11 is 1.72. The second-order valence-corrected chi connectivity index (χ2v) is 11.5. The van der Waals surface area contributed by atoms with Crippen molar-refractivity contribution in [2.24, 2.45) is 11.8 Å². The van der Waals surface area contributed by atoms with Crippen LogP contribution >= 0.6 is 11.3 Å². The number of hydrogen-bond donors (Lipinski definition) is 1. The summed E-state index contributed by atoms with van der Waals surface area (Å²) in [5, 5.41) is 15.4. The average Bonchev–Trinajstić information content (AvgIpc) is 3.44. The number of nitrogens with zero attached hydrogens (tertiary/aromatic N) is 4. The molecule has 6 nitrogen and oxygen atoms in total. The van der Waals surface area contributed by atoms with E-state index in [0.717, 1.165) is 80.4 Å². The van der Waals surface area contributed by atoms with Crippen LogP contribution in [0.3, 0.4) is 0 Å². The van der Waals surface area contributed by atoms with Gasteiger partial charge in [0.05, 0.1) is 18.0 Å². The Morgan fingerprint density at radius 1 is 0.941 bits per heavy atom. The molecule has 0 amide bonds. The maximum atomic E-state index is 9.38. The summed E-state index contributed by atoms with van der Waals surface area (Å²) < 4.78 is 8.13. The van der Waals surface area contributed by atoms with Gasteiger partial charge in [-0.3, -0.25) is 0 Å². The lowest BCUT2D eigenvalue weighted by Crippen LogP contribution is -2.37. The number of rotatable bonds is 7. The van der Waals surface area contributed by atoms with E-state index in [9.17, 15) is 5.11 Å². The molecule has 182 valence electrons. The highest BCUT2D eigenvalue weighted by atomic mass is 32.1. The van der Waals surface area contributed by atoms with Gasteiger partial charge >= 0.3 is 0 Å². The first kappa shape index (κ1) is 22.5. The zero-order valence-electron chi connectivity index (χ0n) is 19.9. The molecule has 2 aliphatic carbocycles. The SMILES string of the molecule is OCC1CCC(c2nn3cc(-c4ccc(N5CCC(OCC6CCC6)CC5)cc4)nc3s2)CC1. The zero-order valence-corrected chi connectivity index (χ0v) is 20.8. The molecule has 2 aromatic heterocycles. The smallest absolute Gasteiger partial charge is 0.212 e. The van der Waals surface area contributed by atoms with Crippen LogP contribution in [0.2, 0.25) is 0 Å². The van der Waals surface area contributed by atoms with Gasteiger partial charge in [-0.1, -0.05) is 29.9 Å². The number of benzene rings is 1. The lowest BCUT2D eigenvalue weighted by Gasteiger charge is -2.35. The second kappa shape index (κ2) is 9.96. The lowest BCUT2D eigenvalue weighted by molar-refractivity contribution is -0.000937. The summed E-state index contributed by atoms with van der Waals surface area (Å²) in [6, 6.07) is 8.85.